The first-order valence-corrected chi connectivity index (χ1v) is 7.40. The Morgan fingerprint density at radius 2 is 1.88 bits per heavy atom. The van der Waals surface area contributed by atoms with Crippen LogP contribution in [0.25, 0.3) is 0 Å². The second-order valence-electron chi connectivity index (χ2n) is 5.14. The van der Waals surface area contributed by atoms with Gasteiger partial charge in [0.15, 0.2) is 0 Å². The van der Waals surface area contributed by atoms with Crippen molar-refractivity contribution >= 4 is 12.1 Å². The van der Waals surface area contributed by atoms with Crippen molar-refractivity contribution in [1.82, 2.24) is 0 Å². The molecule has 0 spiro atoms. The Kier molecular flexibility index (Phi) is 6.24. The van der Waals surface area contributed by atoms with Gasteiger partial charge in [-0.05, 0) is 48.9 Å². The van der Waals surface area contributed by atoms with Gasteiger partial charge in [-0.25, -0.2) is 13.8 Å². The van der Waals surface area contributed by atoms with E-state index in [1.54, 1.807) is 6.92 Å². The van der Waals surface area contributed by atoms with Crippen molar-refractivity contribution in [2.24, 2.45) is 4.99 Å². The number of hydrogen-bond donors (Lipinski definition) is 2. The third kappa shape index (κ3) is 5.43. The Morgan fingerprint density at radius 3 is 2.48 bits per heavy atom. The van der Waals surface area contributed by atoms with Gasteiger partial charge in [-0.2, -0.15) is 0 Å². The van der Waals surface area contributed by atoms with Gasteiger partial charge in [0.05, 0.1) is 11.3 Å². The lowest BCUT2D eigenvalue weighted by atomic mass is 10.1. The number of nitrogens with zero attached hydrogens (tertiary/aromatic N) is 1. The summed E-state index contributed by atoms with van der Waals surface area (Å²) in [5, 5.41) is 16.0. The summed E-state index contributed by atoms with van der Waals surface area (Å²) in [7, 11) is 0. The highest BCUT2D eigenvalue weighted by Gasteiger charge is 2.12. The summed E-state index contributed by atoms with van der Waals surface area (Å²) in [6.45, 7) is 1.38. The lowest BCUT2D eigenvalue weighted by Crippen LogP contribution is -2.03. The van der Waals surface area contributed by atoms with Gasteiger partial charge in [0.2, 0.25) is 0 Å². The number of rotatable bonds is 5. The number of halogens is 2. The van der Waals surface area contributed by atoms with Crippen LogP contribution in [0.1, 0.15) is 18.1 Å². The van der Waals surface area contributed by atoms with Crippen molar-refractivity contribution < 1.29 is 18.6 Å². The molecule has 6 heteroatoms. The minimum absolute atomic E-state index is 0.0797. The predicted molar refractivity (Wildman–Crippen MR) is 92.2 cm³/mol. The van der Waals surface area contributed by atoms with Crippen molar-refractivity contribution in [3.8, 4) is 23.3 Å². The fourth-order valence-corrected chi connectivity index (χ4v) is 2.00. The topological polar surface area (TPSA) is 65.7 Å². The number of phenols is 1. The molecule has 2 rings (SSSR count). The molecule has 0 saturated carbocycles. The van der Waals surface area contributed by atoms with Gasteiger partial charge < -0.3 is 9.84 Å². The average molecular weight is 342 g/mol. The Morgan fingerprint density at radius 1 is 1.24 bits per heavy atom. The molecular weight excluding hydrogens is 326 g/mol. The standard InChI is InChI=1S/C19H16F2N2O2/c1-13(23-12-22)3-2-4-14-9-18(20)17(19(21)10-14)11-25-16-7-5-15(24)6-8-16/h5-10,12,22,24H,4,11H2,1H3. The molecule has 0 unspecified atom stereocenters. The molecule has 0 bridgehead atoms. The molecule has 0 amide bonds. The number of phenolic OH excluding ortho intramolecular Hbond substituents is 1. The highest BCUT2D eigenvalue weighted by atomic mass is 19.1. The van der Waals surface area contributed by atoms with Crippen LogP contribution in [0.4, 0.5) is 8.78 Å². The molecule has 0 aromatic heterocycles. The van der Waals surface area contributed by atoms with Gasteiger partial charge in [-0.1, -0.05) is 11.8 Å². The van der Waals surface area contributed by atoms with Gasteiger partial charge in [0.1, 0.15) is 36.1 Å². The monoisotopic (exact) mass is 342 g/mol. The maximum atomic E-state index is 14.1. The fourth-order valence-electron chi connectivity index (χ4n) is 2.00. The summed E-state index contributed by atoms with van der Waals surface area (Å²) in [5.41, 5.74) is 0.680. The van der Waals surface area contributed by atoms with Gasteiger partial charge in [0, 0.05) is 6.42 Å². The van der Waals surface area contributed by atoms with E-state index < -0.39 is 11.6 Å². The summed E-state index contributed by atoms with van der Waals surface area (Å²) in [6.07, 6.45) is 1.05. The molecule has 0 aliphatic heterocycles. The first-order valence-electron chi connectivity index (χ1n) is 7.40. The largest absolute Gasteiger partial charge is 0.508 e. The molecule has 2 aromatic carbocycles. The number of benzene rings is 2. The third-order valence-electron chi connectivity index (χ3n) is 3.24. The summed E-state index contributed by atoms with van der Waals surface area (Å²) in [4.78, 5) is 3.67. The van der Waals surface area contributed by atoms with E-state index in [-0.39, 0.29) is 24.3 Å². The summed E-state index contributed by atoms with van der Waals surface area (Å²) < 4.78 is 33.6. The van der Waals surface area contributed by atoms with E-state index in [1.165, 1.54) is 36.4 Å². The first-order chi connectivity index (χ1) is 12.0. The molecule has 0 atom stereocenters. The van der Waals surface area contributed by atoms with Crippen molar-refractivity contribution in [1.29, 1.82) is 5.41 Å². The lowest BCUT2D eigenvalue weighted by molar-refractivity contribution is 0.292. The minimum Gasteiger partial charge on any atom is -0.508 e. The molecule has 128 valence electrons. The highest BCUT2D eigenvalue weighted by Crippen LogP contribution is 2.20. The quantitative estimate of drug-likeness (QED) is 0.492. The van der Waals surface area contributed by atoms with E-state index in [9.17, 15) is 13.9 Å². The molecule has 0 radical (unpaired) electrons. The van der Waals surface area contributed by atoms with Crippen LogP contribution in [0, 0.1) is 28.9 Å². The first kappa shape index (κ1) is 18.1. The van der Waals surface area contributed by atoms with Crippen LogP contribution >= 0.6 is 0 Å². The Bertz CT molecular complexity index is 827. The molecule has 4 nitrogen and oxygen atoms in total. The second-order valence-corrected chi connectivity index (χ2v) is 5.14. The van der Waals surface area contributed by atoms with Crippen LogP contribution in [0.15, 0.2) is 41.4 Å². The number of nitrogens with one attached hydrogen (secondary N) is 1. The van der Waals surface area contributed by atoms with Crippen LogP contribution < -0.4 is 4.74 Å². The van der Waals surface area contributed by atoms with E-state index in [4.69, 9.17) is 10.1 Å². The van der Waals surface area contributed by atoms with Crippen molar-refractivity contribution in [3.63, 3.8) is 0 Å². The van der Waals surface area contributed by atoms with Gasteiger partial charge in [-0.3, -0.25) is 5.41 Å². The van der Waals surface area contributed by atoms with Crippen LogP contribution in [0.2, 0.25) is 0 Å². The van der Waals surface area contributed by atoms with Gasteiger partial charge in [0.25, 0.3) is 0 Å². The van der Waals surface area contributed by atoms with Crippen LogP contribution in [-0.2, 0) is 13.0 Å². The van der Waals surface area contributed by atoms with Gasteiger partial charge >= 0.3 is 0 Å². The zero-order valence-electron chi connectivity index (χ0n) is 13.5. The number of ether oxygens (including phenoxy) is 1. The van der Waals surface area contributed by atoms with Crippen molar-refractivity contribution in [2.45, 2.75) is 20.0 Å². The number of aromatic hydroxyl groups is 1. The third-order valence-corrected chi connectivity index (χ3v) is 3.24. The SMILES string of the molecule is CC(C#CCc1cc(F)c(COc2ccc(O)cc2)c(F)c1)=NC=N. The average Bonchev–Trinajstić information content (AvgIpc) is 2.56. The zero-order valence-corrected chi connectivity index (χ0v) is 13.5. The molecule has 0 fully saturated rings. The molecule has 2 N–H and O–H groups in total. The predicted octanol–water partition coefficient (Wildman–Crippen LogP) is 3.86. The molecule has 0 aliphatic rings. The number of hydrogen-bond acceptors (Lipinski definition) is 3. The zero-order chi connectivity index (χ0) is 18.2. The van der Waals surface area contributed by atoms with E-state index in [0.717, 1.165) is 6.34 Å². The molecule has 2 aromatic rings. The Balaban J connectivity index is 2.07. The molecule has 25 heavy (non-hydrogen) atoms. The highest BCUT2D eigenvalue weighted by molar-refractivity contribution is 6.01. The molecule has 0 heterocycles. The summed E-state index contributed by atoms with van der Waals surface area (Å²) in [5.74, 6) is 4.51. The fraction of sp³-hybridized carbons (Fsp3) is 0.158. The summed E-state index contributed by atoms with van der Waals surface area (Å²) in [6, 6.07) is 8.30. The number of aliphatic imine (C=N–C) groups is 1. The smallest absolute Gasteiger partial charge is 0.133 e. The second kappa shape index (κ2) is 8.60. The molecular formula is C19H16F2N2O2. The maximum Gasteiger partial charge on any atom is 0.133 e. The maximum absolute atomic E-state index is 14.1. The minimum atomic E-state index is -0.708. The Hall–Kier alpha value is -3.20. The van der Waals surface area contributed by atoms with Crippen molar-refractivity contribution in [2.75, 3.05) is 0 Å². The normalized spacial score (nSPS) is 10.8. The van der Waals surface area contributed by atoms with E-state index in [1.807, 2.05) is 0 Å². The molecule has 0 saturated heterocycles. The van der Waals surface area contributed by atoms with E-state index >= 15 is 0 Å². The van der Waals surface area contributed by atoms with Crippen LogP contribution in [0.5, 0.6) is 11.5 Å². The van der Waals surface area contributed by atoms with Crippen LogP contribution in [-0.4, -0.2) is 17.2 Å². The molecule has 0 aliphatic carbocycles. The van der Waals surface area contributed by atoms with Crippen molar-refractivity contribution in [3.05, 3.63) is 59.2 Å². The Labute approximate surface area is 144 Å². The van der Waals surface area contributed by atoms with Crippen LogP contribution in [0.3, 0.4) is 0 Å². The van der Waals surface area contributed by atoms with Gasteiger partial charge in [-0.15, -0.1) is 0 Å². The van der Waals surface area contributed by atoms with E-state index in [0.29, 0.717) is 17.0 Å². The van der Waals surface area contributed by atoms with E-state index in [2.05, 4.69) is 16.8 Å². The summed E-state index contributed by atoms with van der Waals surface area (Å²) >= 11 is 0. The lowest BCUT2D eigenvalue weighted by Gasteiger charge is -2.09.